The Morgan fingerprint density at radius 2 is 1.74 bits per heavy atom. The molecule has 0 spiro atoms. The SMILES string of the molecule is C=C(Nc1cn(C)nc1C(=O)OC)c1cccc(CN2N=C(c3cncc(CC)c3)C=CC2=CCC)c1.CC.CC.CC. The number of benzene rings is 1. The van der Waals surface area contributed by atoms with Gasteiger partial charge in [-0.15, -0.1) is 0 Å². The van der Waals surface area contributed by atoms with Crippen molar-refractivity contribution in [2.75, 3.05) is 12.4 Å². The molecule has 8 heteroatoms. The fourth-order valence-electron chi connectivity index (χ4n) is 4.05. The van der Waals surface area contributed by atoms with E-state index < -0.39 is 5.97 Å². The van der Waals surface area contributed by atoms with Gasteiger partial charge in [0.15, 0.2) is 5.69 Å². The number of allylic oxidation sites excluding steroid dienone is 3. The topological polar surface area (TPSA) is 84.6 Å². The number of hydrogen-bond acceptors (Lipinski definition) is 7. The molecule has 1 aliphatic heterocycles. The number of nitrogens with zero attached hydrogens (tertiary/aromatic N) is 5. The highest BCUT2D eigenvalue weighted by Gasteiger charge is 2.18. The maximum Gasteiger partial charge on any atom is 0.360 e. The van der Waals surface area contributed by atoms with Crippen LogP contribution in [-0.4, -0.2) is 38.6 Å². The number of hydrogen-bond donors (Lipinski definition) is 1. The van der Waals surface area contributed by atoms with E-state index in [0.717, 1.165) is 40.9 Å². The molecule has 3 heterocycles. The molecule has 0 saturated heterocycles. The summed E-state index contributed by atoms with van der Waals surface area (Å²) < 4.78 is 6.41. The lowest BCUT2D eigenvalue weighted by atomic mass is 10.1. The first kappa shape index (κ1) is 36.6. The predicted molar refractivity (Wildman–Crippen MR) is 181 cm³/mol. The minimum absolute atomic E-state index is 0.209. The van der Waals surface area contributed by atoms with Crippen molar-refractivity contribution >= 4 is 23.1 Å². The van der Waals surface area contributed by atoms with E-state index in [2.05, 4.69) is 66.2 Å². The standard InChI is InChI=1S/C29H32N6O2.3C2H6/c1-6-9-25-12-13-26(24-14-21(7-2)16-30-17-24)32-35(25)18-22-10-8-11-23(15-22)20(3)31-27-19-34(4)33-28(27)29(36)37-5;3*1-2/h8-17,19,31H,3,6-7,18H2,1-2,4-5H3;3*1-2H3. The van der Waals surface area contributed by atoms with Gasteiger partial charge in [0, 0.05) is 36.9 Å². The molecule has 1 aromatic carbocycles. The summed E-state index contributed by atoms with van der Waals surface area (Å²) in [6, 6.07) is 10.2. The quantitative estimate of drug-likeness (QED) is 0.254. The first-order valence-corrected chi connectivity index (χ1v) is 15.3. The number of ether oxygens (including phenoxy) is 1. The molecular weight excluding hydrogens is 536 g/mol. The van der Waals surface area contributed by atoms with Crippen LogP contribution in [0.5, 0.6) is 0 Å². The van der Waals surface area contributed by atoms with Gasteiger partial charge in [0.1, 0.15) is 0 Å². The number of anilines is 1. The zero-order valence-corrected chi connectivity index (χ0v) is 27.7. The second kappa shape index (κ2) is 19.6. The highest BCUT2D eigenvalue weighted by atomic mass is 16.5. The van der Waals surface area contributed by atoms with Crippen LogP contribution >= 0.6 is 0 Å². The molecule has 0 radical (unpaired) electrons. The molecule has 0 amide bonds. The Kier molecular flexibility index (Phi) is 16.7. The molecule has 8 nitrogen and oxygen atoms in total. The largest absolute Gasteiger partial charge is 0.464 e. The monoisotopic (exact) mass is 586 g/mol. The molecule has 3 aromatic rings. The summed E-state index contributed by atoms with van der Waals surface area (Å²) in [7, 11) is 3.08. The van der Waals surface area contributed by atoms with Crippen molar-refractivity contribution in [2.45, 2.75) is 74.8 Å². The minimum Gasteiger partial charge on any atom is -0.464 e. The van der Waals surface area contributed by atoms with Gasteiger partial charge >= 0.3 is 5.97 Å². The molecule has 0 fully saturated rings. The zero-order valence-electron chi connectivity index (χ0n) is 27.7. The Morgan fingerprint density at radius 3 is 2.40 bits per heavy atom. The van der Waals surface area contributed by atoms with E-state index in [9.17, 15) is 4.79 Å². The Labute approximate surface area is 258 Å². The molecule has 1 N–H and O–H groups in total. The van der Waals surface area contributed by atoms with E-state index in [1.54, 1.807) is 17.9 Å². The molecule has 0 aliphatic carbocycles. The van der Waals surface area contributed by atoms with Gasteiger partial charge in [-0.1, -0.05) is 86.2 Å². The van der Waals surface area contributed by atoms with Crippen LogP contribution < -0.4 is 5.32 Å². The van der Waals surface area contributed by atoms with Gasteiger partial charge in [-0.05, 0) is 53.8 Å². The maximum absolute atomic E-state index is 12.1. The Morgan fingerprint density at radius 1 is 1.02 bits per heavy atom. The Bertz CT molecular complexity index is 1400. The van der Waals surface area contributed by atoms with E-state index in [-0.39, 0.29) is 5.69 Å². The number of rotatable bonds is 9. The van der Waals surface area contributed by atoms with Crippen molar-refractivity contribution in [1.29, 1.82) is 0 Å². The molecule has 0 unspecified atom stereocenters. The Hall–Kier alpha value is -4.46. The molecular formula is C35H50N6O2. The number of hydrazone groups is 1. The molecule has 0 bridgehead atoms. The average Bonchev–Trinajstić information content (AvgIpc) is 3.44. The van der Waals surface area contributed by atoms with Crippen molar-refractivity contribution in [3.8, 4) is 0 Å². The zero-order chi connectivity index (χ0) is 32.4. The lowest BCUT2D eigenvalue weighted by Gasteiger charge is -2.25. The van der Waals surface area contributed by atoms with Crippen molar-refractivity contribution in [3.63, 3.8) is 0 Å². The first-order valence-electron chi connectivity index (χ1n) is 15.3. The van der Waals surface area contributed by atoms with E-state index in [0.29, 0.717) is 17.9 Å². The normalized spacial score (nSPS) is 12.5. The summed E-state index contributed by atoms with van der Waals surface area (Å²) in [6.45, 7) is 21.0. The molecule has 2 aromatic heterocycles. The number of aromatic nitrogens is 3. The van der Waals surface area contributed by atoms with Crippen LogP contribution in [0.2, 0.25) is 0 Å². The molecule has 0 saturated carbocycles. The first-order chi connectivity index (χ1) is 20.9. The van der Waals surface area contributed by atoms with Gasteiger partial charge in [0.05, 0.1) is 30.8 Å². The van der Waals surface area contributed by atoms with Crippen molar-refractivity contribution in [3.05, 3.63) is 107 Å². The number of carbonyl (C=O) groups is 1. The lowest BCUT2D eigenvalue weighted by molar-refractivity contribution is 0.0594. The van der Waals surface area contributed by atoms with Gasteiger partial charge in [-0.2, -0.15) is 10.2 Å². The minimum atomic E-state index is -0.508. The van der Waals surface area contributed by atoms with Crippen LogP contribution in [0.25, 0.3) is 5.70 Å². The highest BCUT2D eigenvalue weighted by molar-refractivity contribution is 6.09. The number of carbonyl (C=O) groups excluding carboxylic acids is 1. The number of pyridine rings is 1. The van der Waals surface area contributed by atoms with Gasteiger partial charge in [0.2, 0.25) is 0 Å². The summed E-state index contributed by atoms with van der Waals surface area (Å²) in [4.78, 5) is 16.5. The van der Waals surface area contributed by atoms with Crippen LogP contribution in [0.4, 0.5) is 5.69 Å². The summed E-state index contributed by atoms with van der Waals surface area (Å²) in [6.07, 6.45) is 13.6. The van der Waals surface area contributed by atoms with Crippen LogP contribution in [0, 0.1) is 0 Å². The van der Waals surface area contributed by atoms with E-state index in [1.807, 2.05) is 77.2 Å². The molecule has 0 atom stereocenters. The van der Waals surface area contributed by atoms with Gasteiger partial charge in [-0.3, -0.25) is 14.7 Å². The number of methoxy groups -OCH3 is 1. The van der Waals surface area contributed by atoms with E-state index in [1.165, 1.54) is 12.7 Å². The average molecular weight is 587 g/mol. The second-order valence-corrected chi connectivity index (χ2v) is 8.71. The van der Waals surface area contributed by atoms with Gasteiger partial charge in [-0.25, -0.2) is 4.79 Å². The summed E-state index contributed by atoms with van der Waals surface area (Å²) in [5.41, 5.74) is 7.47. The van der Waals surface area contributed by atoms with Crippen LogP contribution in [-0.2, 0) is 24.8 Å². The second-order valence-electron chi connectivity index (χ2n) is 8.71. The highest BCUT2D eigenvalue weighted by Crippen LogP contribution is 2.24. The van der Waals surface area contributed by atoms with Crippen molar-refractivity contribution < 1.29 is 9.53 Å². The van der Waals surface area contributed by atoms with Crippen molar-refractivity contribution in [2.24, 2.45) is 12.1 Å². The van der Waals surface area contributed by atoms with E-state index in [4.69, 9.17) is 9.84 Å². The Balaban J connectivity index is 0.00000145. The molecule has 232 valence electrons. The number of nitrogens with one attached hydrogen (secondary N) is 1. The van der Waals surface area contributed by atoms with E-state index >= 15 is 0 Å². The number of esters is 1. The van der Waals surface area contributed by atoms with Crippen molar-refractivity contribution in [1.82, 2.24) is 19.8 Å². The van der Waals surface area contributed by atoms with Gasteiger partial charge < -0.3 is 10.1 Å². The lowest BCUT2D eigenvalue weighted by Crippen LogP contribution is -2.21. The third kappa shape index (κ3) is 10.4. The van der Waals surface area contributed by atoms with Crippen LogP contribution in [0.15, 0.2) is 84.5 Å². The van der Waals surface area contributed by atoms with Crippen LogP contribution in [0.3, 0.4) is 0 Å². The predicted octanol–water partition coefficient (Wildman–Crippen LogP) is 8.40. The molecule has 1 aliphatic rings. The third-order valence-corrected chi connectivity index (χ3v) is 5.95. The fraction of sp³-hybridized carbons (Fsp3) is 0.371. The summed E-state index contributed by atoms with van der Waals surface area (Å²) in [5.74, 6) is -0.508. The van der Waals surface area contributed by atoms with Crippen LogP contribution in [0.1, 0.15) is 94.6 Å². The molecule has 43 heavy (non-hydrogen) atoms. The summed E-state index contributed by atoms with van der Waals surface area (Å²) >= 11 is 0. The molecule has 4 rings (SSSR count). The summed E-state index contributed by atoms with van der Waals surface area (Å²) in [5, 5.41) is 14.4. The van der Waals surface area contributed by atoms with Gasteiger partial charge in [0.25, 0.3) is 0 Å². The number of aryl methyl sites for hydroxylation is 2. The maximum atomic E-state index is 12.1. The smallest absolute Gasteiger partial charge is 0.360 e. The third-order valence-electron chi connectivity index (χ3n) is 5.95. The fourth-order valence-corrected chi connectivity index (χ4v) is 4.05.